The van der Waals surface area contributed by atoms with Gasteiger partial charge in [-0.3, -0.25) is 0 Å². The van der Waals surface area contributed by atoms with E-state index in [1.807, 2.05) is 90.1 Å². The molecule has 2 aromatic carbocycles. The highest BCUT2D eigenvalue weighted by Gasteiger charge is 2.34. The maximum atomic E-state index is 12.4. The third-order valence-corrected chi connectivity index (χ3v) is 8.64. The molecule has 0 spiro atoms. The molecule has 0 bridgehead atoms. The summed E-state index contributed by atoms with van der Waals surface area (Å²) in [5.41, 5.74) is 6.56. The molecule has 2 amide bonds. The minimum atomic E-state index is -0.520. The van der Waals surface area contributed by atoms with Gasteiger partial charge >= 0.3 is 12.2 Å². The van der Waals surface area contributed by atoms with Crippen LogP contribution in [0.2, 0.25) is 10.0 Å². The van der Waals surface area contributed by atoms with Crippen LogP contribution in [0, 0.1) is 23.2 Å². The summed E-state index contributed by atoms with van der Waals surface area (Å²) in [6.07, 6.45) is 2.73. The van der Waals surface area contributed by atoms with Crippen LogP contribution in [0.5, 0.6) is 0 Å². The van der Waals surface area contributed by atoms with Crippen LogP contribution < -0.4 is 5.73 Å². The third kappa shape index (κ3) is 13.9. The second-order valence-electron chi connectivity index (χ2n) is 14.7. The average Bonchev–Trinajstić information content (AvgIpc) is 3.04. The first kappa shape index (κ1) is 41.4. The SMILES string of the molecule is CC(C)(C)OC(=O)N1CCC[C@@H]([C@@H](OCC#N)c2cccc(Cl)c2)C1.CC(C)(C)OC(=O)N1CCC[C@@H]([C@@H](OCCN)c2cccc(Cl)c2)C1. The molecule has 12 heteroatoms. The van der Waals surface area contributed by atoms with Crippen LogP contribution in [0.25, 0.3) is 0 Å². The first-order valence-electron chi connectivity index (χ1n) is 17.4. The number of rotatable bonds is 9. The van der Waals surface area contributed by atoms with E-state index in [1.54, 1.807) is 15.9 Å². The van der Waals surface area contributed by atoms with E-state index in [4.69, 9.17) is 53.1 Å². The molecule has 4 rings (SSSR count). The van der Waals surface area contributed by atoms with Gasteiger partial charge in [-0.2, -0.15) is 5.26 Å². The van der Waals surface area contributed by atoms with E-state index in [0.717, 1.165) is 36.8 Å². The quantitative estimate of drug-likeness (QED) is 0.272. The fourth-order valence-electron chi connectivity index (χ4n) is 6.20. The van der Waals surface area contributed by atoms with E-state index in [9.17, 15) is 9.59 Å². The van der Waals surface area contributed by atoms with Crippen molar-refractivity contribution >= 4 is 35.4 Å². The van der Waals surface area contributed by atoms with Gasteiger partial charge in [-0.15, -0.1) is 0 Å². The maximum absolute atomic E-state index is 12.4. The van der Waals surface area contributed by atoms with Crippen molar-refractivity contribution in [1.82, 2.24) is 9.80 Å². The fourth-order valence-corrected chi connectivity index (χ4v) is 6.59. The van der Waals surface area contributed by atoms with E-state index >= 15 is 0 Å². The van der Waals surface area contributed by atoms with Crippen molar-refractivity contribution in [1.29, 1.82) is 5.26 Å². The molecule has 276 valence electrons. The molecule has 2 fully saturated rings. The van der Waals surface area contributed by atoms with Crippen LogP contribution in [0.1, 0.15) is 90.6 Å². The Balaban J connectivity index is 0.000000270. The number of benzene rings is 2. The monoisotopic (exact) mass is 732 g/mol. The molecule has 2 aliphatic rings. The topological polar surface area (TPSA) is 127 Å². The Morgan fingerprint density at radius 2 is 1.26 bits per heavy atom. The minimum absolute atomic E-state index is 0.000117. The zero-order chi connectivity index (χ0) is 36.9. The summed E-state index contributed by atoms with van der Waals surface area (Å²) in [4.78, 5) is 28.3. The second kappa shape index (κ2) is 19.5. The van der Waals surface area contributed by atoms with Gasteiger partial charge in [0.25, 0.3) is 0 Å². The highest BCUT2D eigenvalue weighted by atomic mass is 35.5. The van der Waals surface area contributed by atoms with Crippen molar-refractivity contribution in [2.24, 2.45) is 17.6 Å². The highest BCUT2D eigenvalue weighted by Crippen LogP contribution is 2.36. The van der Waals surface area contributed by atoms with E-state index in [0.29, 0.717) is 49.4 Å². The van der Waals surface area contributed by atoms with Crippen molar-refractivity contribution in [3.8, 4) is 6.07 Å². The first-order valence-corrected chi connectivity index (χ1v) is 18.1. The van der Waals surface area contributed by atoms with Crippen LogP contribution in [0.4, 0.5) is 9.59 Å². The van der Waals surface area contributed by atoms with Crippen LogP contribution in [0.15, 0.2) is 48.5 Å². The summed E-state index contributed by atoms with van der Waals surface area (Å²) in [6, 6.07) is 17.2. The number of ether oxygens (including phenoxy) is 4. The van der Waals surface area contributed by atoms with Crippen molar-refractivity contribution < 1.29 is 28.5 Å². The van der Waals surface area contributed by atoms with Crippen molar-refractivity contribution in [2.45, 2.75) is 90.6 Å². The number of halogens is 2. The summed E-state index contributed by atoms with van der Waals surface area (Å²) in [6.45, 7) is 14.7. The van der Waals surface area contributed by atoms with Crippen LogP contribution >= 0.6 is 23.2 Å². The Morgan fingerprint density at radius 3 is 1.64 bits per heavy atom. The van der Waals surface area contributed by atoms with Gasteiger partial charge in [0.1, 0.15) is 17.8 Å². The van der Waals surface area contributed by atoms with E-state index < -0.39 is 11.2 Å². The van der Waals surface area contributed by atoms with Gasteiger partial charge in [0.15, 0.2) is 0 Å². The molecule has 0 saturated carbocycles. The van der Waals surface area contributed by atoms with Crippen LogP contribution in [-0.4, -0.2) is 79.1 Å². The number of likely N-dealkylation sites (tertiary alicyclic amines) is 2. The lowest BCUT2D eigenvalue weighted by Gasteiger charge is -2.37. The molecular weight excluding hydrogens is 679 g/mol. The number of nitrogens with zero attached hydrogens (tertiary/aromatic N) is 3. The van der Waals surface area contributed by atoms with Gasteiger partial charge in [-0.25, -0.2) is 9.59 Å². The van der Waals surface area contributed by atoms with E-state index in [2.05, 4.69) is 0 Å². The van der Waals surface area contributed by atoms with Crippen molar-refractivity contribution in [2.75, 3.05) is 45.9 Å². The predicted molar refractivity (Wildman–Crippen MR) is 196 cm³/mol. The molecule has 10 nitrogen and oxygen atoms in total. The summed E-state index contributed by atoms with van der Waals surface area (Å²) in [5.74, 6) is 0.277. The molecule has 2 heterocycles. The predicted octanol–water partition coefficient (Wildman–Crippen LogP) is 8.57. The van der Waals surface area contributed by atoms with Crippen molar-refractivity contribution in [3.05, 3.63) is 69.7 Å². The molecule has 0 aromatic heterocycles. The summed E-state index contributed by atoms with van der Waals surface area (Å²) in [7, 11) is 0. The van der Waals surface area contributed by atoms with E-state index in [-0.39, 0.29) is 42.8 Å². The number of hydrogen-bond acceptors (Lipinski definition) is 8. The van der Waals surface area contributed by atoms with Gasteiger partial charge in [0.05, 0.1) is 24.9 Å². The number of nitriles is 1. The third-order valence-electron chi connectivity index (χ3n) is 8.17. The Morgan fingerprint density at radius 1 is 0.820 bits per heavy atom. The first-order chi connectivity index (χ1) is 23.6. The zero-order valence-corrected chi connectivity index (χ0v) is 31.8. The van der Waals surface area contributed by atoms with E-state index in [1.165, 1.54) is 0 Å². The van der Waals surface area contributed by atoms with Gasteiger partial charge in [0, 0.05) is 54.6 Å². The van der Waals surface area contributed by atoms with Crippen LogP contribution in [0.3, 0.4) is 0 Å². The number of hydrogen-bond donors (Lipinski definition) is 1. The van der Waals surface area contributed by atoms with Gasteiger partial charge in [-0.1, -0.05) is 47.5 Å². The van der Waals surface area contributed by atoms with Crippen LogP contribution in [-0.2, 0) is 18.9 Å². The molecule has 2 aliphatic heterocycles. The summed E-state index contributed by atoms with van der Waals surface area (Å²) < 4.78 is 22.8. The van der Waals surface area contributed by atoms with Crippen molar-refractivity contribution in [3.63, 3.8) is 0 Å². The Bertz CT molecular complexity index is 1420. The fraction of sp³-hybridized carbons (Fsp3) is 0.605. The maximum Gasteiger partial charge on any atom is 0.410 e. The number of carbonyl (C=O) groups is 2. The largest absolute Gasteiger partial charge is 0.444 e. The summed E-state index contributed by atoms with van der Waals surface area (Å²) in [5, 5.41) is 10.2. The van der Waals surface area contributed by atoms with Gasteiger partial charge < -0.3 is 34.5 Å². The average molecular weight is 734 g/mol. The number of amides is 2. The minimum Gasteiger partial charge on any atom is -0.444 e. The molecule has 2 saturated heterocycles. The molecule has 50 heavy (non-hydrogen) atoms. The lowest BCUT2D eigenvalue weighted by molar-refractivity contribution is -0.0234. The van der Waals surface area contributed by atoms with Gasteiger partial charge in [-0.05, 0) is 103 Å². The number of nitrogens with two attached hydrogens (primary N) is 1. The number of carbonyl (C=O) groups excluding carboxylic acids is 2. The summed E-state index contributed by atoms with van der Waals surface area (Å²) >= 11 is 12.3. The molecule has 2 N–H and O–H groups in total. The Labute approximate surface area is 308 Å². The second-order valence-corrected chi connectivity index (χ2v) is 15.6. The highest BCUT2D eigenvalue weighted by molar-refractivity contribution is 6.30. The lowest BCUT2D eigenvalue weighted by atomic mass is 9.88. The Hall–Kier alpha value is -3.07. The molecule has 2 aromatic rings. The zero-order valence-electron chi connectivity index (χ0n) is 30.3. The Kier molecular flexibility index (Phi) is 16.1. The molecule has 4 atom stereocenters. The smallest absolute Gasteiger partial charge is 0.410 e. The standard InChI is InChI=1S/C19H29ClN2O3.C19H25ClN2O3/c2*1-19(2,3)25-18(23)22-10-5-7-15(13-22)17(24-11-9-21)14-6-4-8-16(20)12-14/h4,6,8,12,15,17H,5,7,9-11,13,21H2,1-3H3;4,6,8,12,15,17H,5,7,10-11,13H2,1-3H3/t2*15-,17+/m11/s1. The van der Waals surface area contributed by atoms with Gasteiger partial charge in [0.2, 0.25) is 0 Å². The molecule has 0 aliphatic carbocycles. The molecule has 0 unspecified atom stereocenters. The molecular formula is C38H54Cl2N4O6. The molecule has 0 radical (unpaired) electrons. The lowest BCUT2D eigenvalue weighted by Crippen LogP contribution is -2.44. The normalized spacial score (nSPS) is 19.4. The number of piperidine rings is 2.